The van der Waals surface area contributed by atoms with Crippen LogP contribution >= 0.6 is 11.3 Å². The molecular weight excluding hydrogens is 240 g/mol. The molecule has 0 spiro atoms. The second-order valence-corrected chi connectivity index (χ2v) is 7.43. The van der Waals surface area contributed by atoms with Crippen LogP contribution in [0.1, 0.15) is 56.4 Å². The van der Waals surface area contributed by atoms with Crippen molar-refractivity contribution in [2.45, 2.75) is 62.9 Å². The Kier molecular flexibility index (Phi) is 2.73. The highest BCUT2D eigenvalue weighted by molar-refractivity contribution is 7.09. The molecule has 0 bridgehead atoms. The fourth-order valence-electron chi connectivity index (χ4n) is 3.75. The Labute approximate surface area is 113 Å². The summed E-state index contributed by atoms with van der Waals surface area (Å²) >= 11 is 1.86. The number of aromatic nitrogens is 1. The van der Waals surface area contributed by atoms with Crippen LogP contribution in [0.15, 0.2) is 11.6 Å². The Balaban J connectivity index is 1.60. The lowest BCUT2D eigenvalue weighted by Gasteiger charge is -2.41. The first-order valence-electron chi connectivity index (χ1n) is 7.53. The van der Waals surface area contributed by atoms with Gasteiger partial charge in [0.05, 0.1) is 5.54 Å². The second-order valence-electron chi connectivity index (χ2n) is 6.53. The zero-order valence-electron chi connectivity index (χ0n) is 10.9. The summed E-state index contributed by atoms with van der Waals surface area (Å²) in [5, 5.41) is 7.48. The molecular formula is C15H22N2S. The molecule has 2 nitrogen and oxygen atoms in total. The monoisotopic (exact) mass is 262 g/mol. The van der Waals surface area contributed by atoms with E-state index in [2.05, 4.69) is 15.7 Å². The summed E-state index contributed by atoms with van der Waals surface area (Å²) < 4.78 is 0. The van der Waals surface area contributed by atoms with Gasteiger partial charge in [-0.2, -0.15) is 0 Å². The number of thiazole rings is 1. The summed E-state index contributed by atoms with van der Waals surface area (Å²) in [6.07, 6.45) is 13.2. The van der Waals surface area contributed by atoms with Crippen LogP contribution in [0.5, 0.6) is 0 Å². The lowest BCUT2D eigenvalue weighted by molar-refractivity contribution is 0.161. The average Bonchev–Trinajstić information content (AvgIpc) is 3.31. The van der Waals surface area contributed by atoms with Crippen LogP contribution in [0.2, 0.25) is 0 Å². The molecule has 4 rings (SSSR count). The van der Waals surface area contributed by atoms with Gasteiger partial charge in [-0.05, 0) is 50.4 Å². The summed E-state index contributed by atoms with van der Waals surface area (Å²) in [5.41, 5.74) is 0.237. The molecule has 2 atom stereocenters. The minimum Gasteiger partial charge on any atom is -0.303 e. The van der Waals surface area contributed by atoms with Gasteiger partial charge in [0.1, 0.15) is 5.01 Å². The highest BCUT2D eigenvalue weighted by Gasteiger charge is 2.46. The topological polar surface area (TPSA) is 24.9 Å². The van der Waals surface area contributed by atoms with E-state index in [0.29, 0.717) is 0 Å². The quantitative estimate of drug-likeness (QED) is 0.895. The molecule has 0 radical (unpaired) electrons. The smallest absolute Gasteiger partial charge is 0.113 e. The molecule has 3 aliphatic rings. The predicted octanol–water partition coefficient (Wildman–Crippen LogP) is 3.69. The van der Waals surface area contributed by atoms with Gasteiger partial charge in [0.2, 0.25) is 0 Å². The fourth-order valence-corrected chi connectivity index (χ4v) is 4.60. The van der Waals surface area contributed by atoms with E-state index in [1.807, 2.05) is 17.5 Å². The molecule has 0 amide bonds. The SMILES string of the molecule is c1csc(C2(NC3CC3)CCCC(C3CC3)C2)n1. The molecule has 1 heterocycles. The molecule has 1 N–H and O–H groups in total. The minimum absolute atomic E-state index is 0.237. The van der Waals surface area contributed by atoms with E-state index in [4.69, 9.17) is 0 Å². The van der Waals surface area contributed by atoms with Crippen molar-refractivity contribution in [3.8, 4) is 0 Å². The zero-order valence-corrected chi connectivity index (χ0v) is 11.7. The van der Waals surface area contributed by atoms with Crippen LogP contribution in [-0.2, 0) is 5.54 Å². The Morgan fingerprint density at radius 3 is 2.72 bits per heavy atom. The van der Waals surface area contributed by atoms with Crippen LogP contribution in [-0.4, -0.2) is 11.0 Å². The number of nitrogens with one attached hydrogen (secondary N) is 1. The third kappa shape index (κ3) is 2.12. The molecule has 1 aromatic heterocycles. The van der Waals surface area contributed by atoms with Crippen LogP contribution in [0.4, 0.5) is 0 Å². The number of hydrogen-bond donors (Lipinski definition) is 1. The van der Waals surface area contributed by atoms with Crippen molar-refractivity contribution in [1.82, 2.24) is 10.3 Å². The largest absolute Gasteiger partial charge is 0.303 e. The molecule has 2 unspecified atom stereocenters. The summed E-state index contributed by atoms with van der Waals surface area (Å²) in [6.45, 7) is 0. The highest BCUT2D eigenvalue weighted by Crippen LogP contribution is 2.50. The molecule has 3 aliphatic carbocycles. The Morgan fingerprint density at radius 1 is 1.17 bits per heavy atom. The molecule has 3 fully saturated rings. The summed E-state index contributed by atoms with van der Waals surface area (Å²) in [4.78, 5) is 4.66. The molecule has 98 valence electrons. The maximum atomic E-state index is 4.66. The van der Waals surface area contributed by atoms with Crippen molar-refractivity contribution in [1.29, 1.82) is 0 Å². The summed E-state index contributed by atoms with van der Waals surface area (Å²) in [6, 6.07) is 0.784. The molecule has 0 saturated heterocycles. The number of rotatable bonds is 4. The fraction of sp³-hybridized carbons (Fsp3) is 0.800. The van der Waals surface area contributed by atoms with Gasteiger partial charge in [0.25, 0.3) is 0 Å². The van der Waals surface area contributed by atoms with Gasteiger partial charge in [-0.25, -0.2) is 4.98 Å². The number of nitrogens with zero attached hydrogens (tertiary/aromatic N) is 1. The first-order valence-corrected chi connectivity index (χ1v) is 8.41. The van der Waals surface area contributed by atoms with Crippen LogP contribution in [0.3, 0.4) is 0 Å². The molecule has 0 aliphatic heterocycles. The van der Waals surface area contributed by atoms with E-state index in [1.165, 1.54) is 56.4 Å². The average molecular weight is 262 g/mol. The second kappa shape index (κ2) is 4.31. The van der Waals surface area contributed by atoms with Crippen LogP contribution in [0.25, 0.3) is 0 Å². The van der Waals surface area contributed by atoms with Crippen LogP contribution in [0, 0.1) is 11.8 Å². The lowest BCUT2D eigenvalue weighted by Crippen LogP contribution is -2.47. The van der Waals surface area contributed by atoms with Crippen molar-refractivity contribution < 1.29 is 0 Å². The lowest BCUT2D eigenvalue weighted by atomic mass is 9.74. The third-order valence-electron chi connectivity index (χ3n) is 4.98. The van der Waals surface area contributed by atoms with E-state index in [9.17, 15) is 0 Å². The zero-order chi connectivity index (χ0) is 12.0. The van der Waals surface area contributed by atoms with E-state index < -0.39 is 0 Å². The van der Waals surface area contributed by atoms with Crippen molar-refractivity contribution in [2.24, 2.45) is 11.8 Å². The normalized spacial score (nSPS) is 36.8. The summed E-state index contributed by atoms with van der Waals surface area (Å²) in [7, 11) is 0. The van der Waals surface area contributed by atoms with E-state index >= 15 is 0 Å². The number of hydrogen-bond acceptors (Lipinski definition) is 3. The maximum absolute atomic E-state index is 4.66. The van der Waals surface area contributed by atoms with Gasteiger partial charge in [-0.1, -0.05) is 12.8 Å². The maximum Gasteiger partial charge on any atom is 0.113 e. The van der Waals surface area contributed by atoms with Crippen molar-refractivity contribution in [3.63, 3.8) is 0 Å². The molecule has 1 aromatic rings. The predicted molar refractivity (Wildman–Crippen MR) is 74.6 cm³/mol. The summed E-state index contributed by atoms with van der Waals surface area (Å²) in [5.74, 6) is 2.01. The molecule has 18 heavy (non-hydrogen) atoms. The van der Waals surface area contributed by atoms with Gasteiger partial charge < -0.3 is 5.32 Å². The Morgan fingerprint density at radius 2 is 2.06 bits per heavy atom. The highest BCUT2D eigenvalue weighted by atomic mass is 32.1. The molecule has 0 aromatic carbocycles. The van der Waals surface area contributed by atoms with E-state index in [1.54, 1.807) is 0 Å². The van der Waals surface area contributed by atoms with Gasteiger partial charge >= 0.3 is 0 Å². The van der Waals surface area contributed by atoms with Gasteiger partial charge in [0.15, 0.2) is 0 Å². The van der Waals surface area contributed by atoms with Crippen molar-refractivity contribution in [3.05, 3.63) is 16.6 Å². The molecule has 3 saturated carbocycles. The van der Waals surface area contributed by atoms with Gasteiger partial charge in [-0.15, -0.1) is 11.3 Å². The van der Waals surface area contributed by atoms with Crippen molar-refractivity contribution >= 4 is 11.3 Å². The first kappa shape index (κ1) is 11.4. The van der Waals surface area contributed by atoms with Crippen LogP contribution < -0.4 is 5.32 Å². The Bertz CT molecular complexity index is 408. The minimum atomic E-state index is 0.237. The Hall–Kier alpha value is -0.410. The van der Waals surface area contributed by atoms with E-state index in [0.717, 1.165) is 17.9 Å². The van der Waals surface area contributed by atoms with Gasteiger partial charge in [0, 0.05) is 17.6 Å². The third-order valence-corrected chi connectivity index (χ3v) is 5.95. The molecule has 3 heteroatoms. The standard InChI is InChI=1S/C15H22N2S/c1-2-12(11-3-4-11)10-15(7-1,17-13-5-6-13)14-16-8-9-18-14/h8-9,11-13,17H,1-7,10H2. The van der Waals surface area contributed by atoms with Crippen molar-refractivity contribution in [2.75, 3.05) is 0 Å². The van der Waals surface area contributed by atoms with E-state index in [-0.39, 0.29) is 5.54 Å². The van der Waals surface area contributed by atoms with Gasteiger partial charge in [-0.3, -0.25) is 0 Å². The first-order chi connectivity index (χ1) is 8.86.